The van der Waals surface area contributed by atoms with Gasteiger partial charge in [-0.15, -0.1) is 0 Å². The molecule has 1 rings (SSSR count). The molecule has 0 aliphatic heterocycles. The molecule has 4 nitrogen and oxygen atoms in total. The van der Waals surface area contributed by atoms with Crippen molar-refractivity contribution in [3.05, 3.63) is 17.6 Å². The number of nitrogens with one attached hydrogen (secondary N) is 1. The Hall–Kier alpha value is -0.970. The highest BCUT2D eigenvalue weighted by Crippen LogP contribution is 2.19. The molecule has 1 aromatic heterocycles. The Morgan fingerprint density at radius 1 is 1.16 bits per heavy atom. The molecule has 108 valence electrons. The maximum Gasteiger partial charge on any atom is 0.133 e. The molecule has 1 N–H and O–H groups in total. The molecule has 0 bridgehead atoms. The van der Waals surface area contributed by atoms with Crippen molar-refractivity contribution in [1.82, 2.24) is 9.97 Å². The van der Waals surface area contributed by atoms with Crippen LogP contribution < -0.4 is 5.32 Å². The van der Waals surface area contributed by atoms with Gasteiger partial charge in [-0.05, 0) is 12.8 Å². The number of hydrogen-bond donors (Lipinski definition) is 1. The molecule has 0 aliphatic rings. The average molecular weight is 283 g/mol. The summed E-state index contributed by atoms with van der Waals surface area (Å²) in [5.41, 5.74) is 1.05. The van der Waals surface area contributed by atoms with Crippen molar-refractivity contribution >= 4 is 16.6 Å². The first-order valence-corrected chi connectivity index (χ1v) is 8.47. The van der Waals surface area contributed by atoms with E-state index in [0.717, 1.165) is 17.3 Å². The quantitative estimate of drug-likeness (QED) is 0.872. The predicted octanol–water partition coefficient (Wildman–Crippen LogP) is 2.90. The van der Waals surface area contributed by atoms with Crippen molar-refractivity contribution in [2.24, 2.45) is 0 Å². The van der Waals surface area contributed by atoms with Crippen LogP contribution in [0.25, 0.3) is 0 Å². The van der Waals surface area contributed by atoms with E-state index in [4.69, 9.17) is 0 Å². The molecule has 0 amide bonds. The molecule has 19 heavy (non-hydrogen) atoms. The lowest BCUT2D eigenvalue weighted by Gasteiger charge is -2.16. The van der Waals surface area contributed by atoms with Crippen LogP contribution in [0.4, 0.5) is 5.82 Å². The lowest BCUT2D eigenvalue weighted by molar-refractivity contribution is 0.682. The van der Waals surface area contributed by atoms with Crippen LogP contribution in [-0.2, 0) is 10.8 Å². The zero-order chi connectivity index (χ0) is 14.6. The summed E-state index contributed by atoms with van der Waals surface area (Å²) in [6.45, 7) is 10.5. The molecule has 5 heteroatoms. The second-order valence-corrected chi connectivity index (χ2v) is 7.11. The molecule has 0 saturated heterocycles. The highest BCUT2D eigenvalue weighted by Gasteiger charge is 2.12. The summed E-state index contributed by atoms with van der Waals surface area (Å²) < 4.78 is 11.2. The Morgan fingerprint density at radius 3 is 2.26 bits per heavy atom. The fraction of sp³-hybridized carbons (Fsp3) is 0.714. The standard InChI is InChI=1S/C14H25N3OS/c1-9(2)12-7-13(15-11(5)8-19(6)18)17-14(16-12)10(3)4/h7,9-11H,8H2,1-6H3,(H,15,16,17). The normalized spacial score (nSPS) is 14.7. The van der Waals surface area contributed by atoms with Crippen LogP contribution in [0.5, 0.6) is 0 Å². The first-order valence-electron chi connectivity index (χ1n) is 6.75. The molecule has 0 aliphatic carbocycles. The van der Waals surface area contributed by atoms with Gasteiger partial charge in [0.15, 0.2) is 0 Å². The lowest BCUT2D eigenvalue weighted by Crippen LogP contribution is -2.23. The third kappa shape index (κ3) is 5.27. The Balaban J connectivity index is 2.96. The van der Waals surface area contributed by atoms with E-state index < -0.39 is 10.8 Å². The van der Waals surface area contributed by atoms with Crippen LogP contribution in [0.1, 0.15) is 58.0 Å². The lowest BCUT2D eigenvalue weighted by atomic mass is 10.1. The van der Waals surface area contributed by atoms with Crippen molar-refractivity contribution in [3.63, 3.8) is 0 Å². The highest BCUT2D eigenvalue weighted by atomic mass is 32.2. The van der Waals surface area contributed by atoms with Crippen LogP contribution >= 0.6 is 0 Å². The summed E-state index contributed by atoms with van der Waals surface area (Å²) in [6.07, 6.45) is 1.72. The Bertz CT molecular complexity index is 420. The second-order valence-electron chi connectivity index (χ2n) is 5.63. The van der Waals surface area contributed by atoms with Gasteiger partial charge in [-0.3, -0.25) is 4.21 Å². The molecular weight excluding hydrogens is 258 g/mol. The summed E-state index contributed by atoms with van der Waals surface area (Å²) in [6, 6.07) is 2.13. The molecule has 0 spiro atoms. The van der Waals surface area contributed by atoms with Gasteiger partial charge in [0.1, 0.15) is 11.6 Å². The van der Waals surface area contributed by atoms with E-state index in [-0.39, 0.29) is 6.04 Å². The van der Waals surface area contributed by atoms with Crippen molar-refractivity contribution in [2.75, 3.05) is 17.3 Å². The zero-order valence-electron chi connectivity index (χ0n) is 12.7. The number of rotatable bonds is 6. The van der Waals surface area contributed by atoms with E-state index in [9.17, 15) is 4.21 Å². The molecular formula is C14H25N3OS. The fourth-order valence-electron chi connectivity index (χ4n) is 1.76. The molecule has 0 fully saturated rings. The average Bonchev–Trinajstić information content (AvgIpc) is 2.26. The highest BCUT2D eigenvalue weighted by molar-refractivity contribution is 7.84. The minimum absolute atomic E-state index is 0.140. The summed E-state index contributed by atoms with van der Waals surface area (Å²) in [5.74, 6) is 2.99. The first-order chi connectivity index (χ1) is 8.79. The SMILES string of the molecule is CC(CS(C)=O)Nc1cc(C(C)C)nc(C(C)C)n1. The minimum Gasteiger partial charge on any atom is -0.367 e. The second kappa shape index (κ2) is 6.98. The Labute approximate surface area is 118 Å². The summed E-state index contributed by atoms with van der Waals surface area (Å²) in [5, 5.41) is 3.32. The largest absolute Gasteiger partial charge is 0.367 e. The molecule has 2 atom stereocenters. The molecule has 1 heterocycles. The molecule has 0 aromatic carbocycles. The van der Waals surface area contributed by atoms with Gasteiger partial charge >= 0.3 is 0 Å². The maximum atomic E-state index is 11.2. The molecule has 2 unspecified atom stereocenters. The van der Waals surface area contributed by atoms with Crippen molar-refractivity contribution in [2.45, 2.75) is 52.5 Å². The van der Waals surface area contributed by atoms with Crippen LogP contribution in [0.15, 0.2) is 6.07 Å². The van der Waals surface area contributed by atoms with Crippen LogP contribution in [0, 0.1) is 0 Å². The number of nitrogens with zero attached hydrogens (tertiary/aromatic N) is 2. The minimum atomic E-state index is -0.803. The number of anilines is 1. The van der Waals surface area contributed by atoms with E-state index in [1.807, 2.05) is 13.0 Å². The Kier molecular flexibility index (Phi) is 5.91. The van der Waals surface area contributed by atoms with Gasteiger partial charge < -0.3 is 5.32 Å². The van der Waals surface area contributed by atoms with Gasteiger partial charge in [0.2, 0.25) is 0 Å². The van der Waals surface area contributed by atoms with Gasteiger partial charge in [0, 0.05) is 46.5 Å². The fourth-order valence-corrected chi connectivity index (χ4v) is 2.55. The first kappa shape index (κ1) is 16.1. The van der Waals surface area contributed by atoms with E-state index >= 15 is 0 Å². The van der Waals surface area contributed by atoms with E-state index in [1.54, 1.807) is 6.26 Å². The summed E-state index contributed by atoms with van der Waals surface area (Å²) in [4.78, 5) is 9.13. The molecule has 0 saturated carbocycles. The number of aromatic nitrogens is 2. The Morgan fingerprint density at radius 2 is 1.79 bits per heavy atom. The van der Waals surface area contributed by atoms with Crippen molar-refractivity contribution in [1.29, 1.82) is 0 Å². The number of hydrogen-bond acceptors (Lipinski definition) is 4. The topological polar surface area (TPSA) is 54.9 Å². The maximum absolute atomic E-state index is 11.2. The monoisotopic (exact) mass is 283 g/mol. The summed E-state index contributed by atoms with van der Waals surface area (Å²) >= 11 is 0. The van der Waals surface area contributed by atoms with Gasteiger partial charge in [0.25, 0.3) is 0 Å². The van der Waals surface area contributed by atoms with Gasteiger partial charge in [-0.2, -0.15) is 0 Å². The van der Waals surface area contributed by atoms with Crippen LogP contribution in [0.3, 0.4) is 0 Å². The van der Waals surface area contributed by atoms with Gasteiger partial charge in [-0.1, -0.05) is 27.7 Å². The van der Waals surface area contributed by atoms with Crippen molar-refractivity contribution < 1.29 is 4.21 Å². The van der Waals surface area contributed by atoms with E-state index in [1.165, 1.54) is 0 Å². The van der Waals surface area contributed by atoms with Crippen LogP contribution in [0.2, 0.25) is 0 Å². The van der Waals surface area contributed by atoms with Gasteiger partial charge in [-0.25, -0.2) is 9.97 Å². The summed E-state index contributed by atoms with van der Waals surface area (Å²) in [7, 11) is -0.803. The van der Waals surface area contributed by atoms with Crippen LogP contribution in [-0.4, -0.2) is 32.2 Å². The van der Waals surface area contributed by atoms with Crippen molar-refractivity contribution in [3.8, 4) is 0 Å². The van der Waals surface area contributed by atoms with E-state index in [0.29, 0.717) is 17.6 Å². The van der Waals surface area contributed by atoms with E-state index in [2.05, 4.69) is 43.0 Å². The third-order valence-electron chi connectivity index (χ3n) is 2.75. The third-order valence-corrected chi connectivity index (χ3v) is 3.72. The zero-order valence-corrected chi connectivity index (χ0v) is 13.5. The van der Waals surface area contributed by atoms with Gasteiger partial charge in [0.05, 0.1) is 0 Å². The predicted molar refractivity (Wildman–Crippen MR) is 82.2 cm³/mol. The smallest absolute Gasteiger partial charge is 0.133 e. The molecule has 0 radical (unpaired) electrons. The molecule has 1 aromatic rings.